The number of hydrogen-bond acceptors (Lipinski definition) is 3. The first-order valence-electron chi connectivity index (χ1n) is 7.32. The monoisotopic (exact) mass is 262 g/mol. The quantitative estimate of drug-likeness (QED) is 0.869. The lowest BCUT2D eigenvalue weighted by atomic mass is 10.0. The molecule has 1 aliphatic heterocycles. The molecule has 2 rings (SSSR count). The molecule has 3 heteroatoms. The lowest BCUT2D eigenvalue weighted by Crippen LogP contribution is -2.41. The number of hydrogen-bond donors (Lipinski definition) is 2. The summed E-state index contributed by atoms with van der Waals surface area (Å²) in [6.07, 6.45) is 0.910. The molecular weight excluding hydrogens is 236 g/mol. The summed E-state index contributed by atoms with van der Waals surface area (Å²) in [6.45, 7) is 7.91. The summed E-state index contributed by atoms with van der Waals surface area (Å²) in [5.41, 5.74) is 1.32. The van der Waals surface area contributed by atoms with Crippen LogP contribution < -0.4 is 5.32 Å². The van der Waals surface area contributed by atoms with Crippen molar-refractivity contribution in [2.24, 2.45) is 5.92 Å². The van der Waals surface area contributed by atoms with Crippen molar-refractivity contribution in [2.75, 3.05) is 19.6 Å². The van der Waals surface area contributed by atoms with Crippen LogP contribution in [0.2, 0.25) is 0 Å². The number of nitrogens with zero attached hydrogens (tertiary/aromatic N) is 1. The van der Waals surface area contributed by atoms with Crippen molar-refractivity contribution in [1.82, 2.24) is 10.2 Å². The van der Waals surface area contributed by atoms with E-state index in [0.717, 1.165) is 19.6 Å². The molecule has 1 aromatic rings. The van der Waals surface area contributed by atoms with E-state index in [1.807, 2.05) is 6.07 Å². The number of aliphatic hydroxyl groups is 1. The number of nitrogens with one attached hydrogen (secondary N) is 1. The first kappa shape index (κ1) is 14.5. The highest BCUT2D eigenvalue weighted by Crippen LogP contribution is 2.17. The summed E-state index contributed by atoms with van der Waals surface area (Å²) >= 11 is 0. The molecular formula is C16H26N2O. The van der Waals surface area contributed by atoms with Crippen LogP contribution in [0.25, 0.3) is 0 Å². The van der Waals surface area contributed by atoms with Gasteiger partial charge in [0.05, 0.1) is 6.10 Å². The minimum absolute atomic E-state index is 0.263. The van der Waals surface area contributed by atoms with Crippen LogP contribution in [0.4, 0.5) is 0 Å². The van der Waals surface area contributed by atoms with Gasteiger partial charge >= 0.3 is 0 Å². The van der Waals surface area contributed by atoms with Gasteiger partial charge in [0.15, 0.2) is 0 Å². The standard InChI is InChI=1S/C16H26N2O/c1-13(2)8-15-9-17-10-16(19)12-18(15)11-14-6-4-3-5-7-14/h3-7,13,15-17,19H,8-12H2,1-2H3/t15-,16-/m0/s1. The zero-order chi connectivity index (χ0) is 13.7. The molecule has 0 unspecified atom stereocenters. The lowest BCUT2D eigenvalue weighted by Gasteiger charge is -2.31. The molecule has 1 saturated heterocycles. The Balaban J connectivity index is 2.06. The molecule has 1 heterocycles. The maximum atomic E-state index is 9.99. The van der Waals surface area contributed by atoms with Crippen molar-refractivity contribution >= 4 is 0 Å². The molecule has 0 radical (unpaired) electrons. The van der Waals surface area contributed by atoms with Crippen molar-refractivity contribution < 1.29 is 5.11 Å². The minimum atomic E-state index is -0.263. The van der Waals surface area contributed by atoms with Gasteiger partial charge in [0.1, 0.15) is 0 Å². The first-order chi connectivity index (χ1) is 9.15. The van der Waals surface area contributed by atoms with E-state index >= 15 is 0 Å². The summed E-state index contributed by atoms with van der Waals surface area (Å²) in [7, 11) is 0. The second kappa shape index (κ2) is 7.04. The van der Waals surface area contributed by atoms with Crippen molar-refractivity contribution in [3.05, 3.63) is 35.9 Å². The fraction of sp³-hybridized carbons (Fsp3) is 0.625. The predicted molar refractivity (Wildman–Crippen MR) is 79.0 cm³/mol. The smallest absolute Gasteiger partial charge is 0.0791 e. The van der Waals surface area contributed by atoms with Gasteiger partial charge in [-0.05, 0) is 17.9 Å². The molecule has 1 aromatic carbocycles. The van der Waals surface area contributed by atoms with Crippen LogP contribution in [0.15, 0.2) is 30.3 Å². The van der Waals surface area contributed by atoms with Crippen molar-refractivity contribution in [3.8, 4) is 0 Å². The third-order valence-corrected chi connectivity index (χ3v) is 3.69. The third kappa shape index (κ3) is 4.60. The second-order valence-electron chi connectivity index (χ2n) is 6.01. The summed E-state index contributed by atoms with van der Waals surface area (Å²) in [5.74, 6) is 0.681. The summed E-state index contributed by atoms with van der Waals surface area (Å²) in [6, 6.07) is 11.1. The van der Waals surface area contributed by atoms with E-state index in [2.05, 4.69) is 48.3 Å². The maximum absolute atomic E-state index is 9.99. The molecule has 0 aromatic heterocycles. The van der Waals surface area contributed by atoms with Crippen molar-refractivity contribution in [3.63, 3.8) is 0 Å². The third-order valence-electron chi connectivity index (χ3n) is 3.69. The highest BCUT2D eigenvalue weighted by molar-refractivity contribution is 5.14. The topological polar surface area (TPSA) is 35.5 Å². The van der Waals surface area contributed by atoms with Crippen molar-refractivity contribution in [2.45, 2.75) is 39.0 Å². The average molecular weight is 262 g/mol. The van der Waals surface area contributed by atoms with Crippen LogP contribution in [0.3, 0.4) is 0 Å². The number of rotatable bonds is 4. The summed E-state index contributed by atoms with van der Waals surface area (Å²) in [5, 5.41) is 13.4. The predicted octanol–water partition coefficient (Wildman–Crippen LogP) is 1.87. The van der Waals surface area contributed by atoms with Gasteiger partial charge in [-0.15, -0.1) is 0 Å². The van der Waals surface area contributed by atoms with E-state index < -0.39 is 0 Å². The van der Waals surface area contributed by atoms with Crippen LogP contribution in [-0.2, 0) is 6.54 Å². The Morgan fingerprint density at radius 2 is 2.00 bits per heavy atom. The van der Waals surface area contributed by atoms with E-state index in [0.29, 0.717) is 18.5 Å². The fourth-order valence-electron chi connectivity index (χ4n) is 2.82. The van der Waals surface area contributed by atoms with Gasteiger partial charge in [-0.2, -0.15) is 0 Å². The Morgan fingerprint density at radius 1 is 1.26 bits per heavy atom. The Labute approximate surface area is 116 Å². The van der Waals surface area contributed by atoms with Crippen LogP contribution >= 0.6 is 0 Å². The Hall–Kier alpha value is -0.900. The van der Waals surface area contributed by atoms with E-state index in [1.165, 1.54) is 12.0 Å². The molecule has 106 valence electrons. The highest BCUT2D eigenvalue weighted by Gasteiger charge is 2.25. The van der Waals surface area contributed by atoms with E-state index in [9.17, 15) is 5.11 Å². The van der Waals surface area contributed by atoms with Crippen LogP contribution in [-0.4, -0.2) is 41.8 Å². The maximum Gasteiger partial charge on any atom is 0.0791 e. The number of β-amino-alcohol motifs (C(OH)–C–C–N with tert-alkyl or cyclic N) is 1. The molecule has 3 nitrogen and oxygen atoms in total. The number of aliphatic hydroxyl groups excluding tert-OH is 1. The Bertz CT molecular complexity index is 366. The highest BCUT2D eigenvalue weighted by atomic mass is 16.3. The fourth-order valence-corrected chi connectivity index (χ4v) is 2.82. The van der Waals surface area contributed by atoms with Gasteiger partial charge in [-0.25, -0.2) is 0 Å². The molecule has 1 aliphatic rings. The molecule has 2 atom stereocenters. The van der Waals surface area contributed by atoms with Crippen molar-refractivity contribution in [1.29, 1.82) is 0 Å². The normalized spacial score (nSPS) is 25.5. The molecule has 1 fully saturated rings. The molecule has 0 bridgehead atoms. The van der Waals surface area contributed by atoms with Gasteiger partial charge in [-0.1, -0.05) is 44.2 Å². The van der Waals surface area contributed by atoms with Crippen LogP contribution in [0.1, 0.15) is 25.8 Å². The molecule has 19 heavy (non-hydrogen) atoms. The minimum Gasteiger partial charge on any atom is -0.390 e. The second-order valence-corrected chi connectivity index (χ2v) is 6.01. The van der Waals surface area contributed by atoms with Gasteiger partial charge < -0.3 is 10.4 Å². The van der Waals surface area contributed by atoms with E-state index in [-0.39, 0.29) is 6.10 Å². The van der Waals surface area contributed by atoms with Gasteiger partial charge in [-0.3, -0.25) is 4.90 Å². The number of benzene rings is 1. The Morgan fingerprint density at radius 3 is 2.68 bits per heavy atom. The van der Waals surface area contributed by atoms with Crippen LogP contribution in [0, 0.1) is 5.92 Å². The van der Waals surface area contributed by atoms with Crippen LogP contribution in [0.5, 0.6) is 0 Å². The lowest BCUT2D eigenvalue weighted by molar-refractivity contribution is 0.0981. The zero-order valence-corrected chi connectivity index (χ0v) is 12.0. The molecule has 0 spiro atoms. The van der Waals surface area contributed by atoms with Gasteiger partial charge in [0, 0.05) is 32.2 Å². The van der Waals surface area contributed by atoms with E-state index in [4.69, 9.17) is 0 Å². The molecule has 0 aliphatic carbocycles. The summed E-state index contributed by atoms with van der Waals surface area (Å²) < 4.78 is 0. The average Bonchev–Trinajstić information content (AvgIpc) is 2.53. The summed E-state index contributed by atoms with van der Waals surface area (Å²) in [4.78, 5) is 2.43. The first-order valence-corrected chi connectivity index (χ1v) is 7.32. The largest absolute Gasteiger partial charge is 0.390 e. The van der Waals surface area contributed by atoms with Gasteiger partial charge in [0.25, 0.3) is 0 Å². The molecule has 0 amide bonds. The zero-order valence-electron chi connectivity index (χ0n) is 12.0. The Kier molecular flexibility index (Phi) is 5.37. The van der Waals surface area contributed by atoms with Gasteiger partial charge in [0.2, 0.25) is 0 Å². The SMILES string of the molecule is CC(C)C[C@H]1CNC[C@H](O)CN1Cc1ccccc1. The van der Waals surface area contributed by atoms with E-state index in [1.54, 1.807) is 0 Å². The molecule has 0 saturated carbocycles. The molecule has 2 N–H and O–H groups in total.